The summed E-state index contributed by atoms with van der Waals surface area (Å²) in [6.07, 6.45) is 7.10. The van der Waals surface area contributed by atoms with E-state index in [9.17, 15) is 9.59 Å². The van der Waals surface area contributed by atoms with Crippen LogP contribution in [0.25, 0.3) is 0 Å². The number of carbonyl (C=O) groups is 1. The highest BCUT2D eigenvalue weighted by molar-refractivity contribution is 5.94. The fourth-order valence-corrected chi connectivity index (χ4v) is 3.47. The average molecular weight is 327 g/mol. The molecule has 0 aromatic carbocycles. The number of amides is 1. The van der Waals surface area contributed by atoms with E-state index in [4.69, 9.17) is 0 Å². The first-order valence-corrected chi connectivity index (χ1v) is 8.50. The fourth-order valence-electron chi connectivity index (χ4n) is 3.47. The Labute approximate surface area is 139 Å². The molecule has 126 valence electrons. The highest BCUT2D eigenvalue weighted by Crippen LogP contribution is 2.40. The molecule has 0 N–H and O–H groups in total. The molecule has 1 aliphatic heterocycles. The first kappa shape index (κ1) is 15.1. The second-order valence-electron chi connectivity index (χ2n) is 6.67. The van der Waals surface area contributed by atoms with Crippen LogP contribution in [0.2, 0.25) is 0 Å². The first-order valence-electron chi connectivity index (χ1n) is 8.50. The molecule has 2 aromatic rings. The third kappa shape index (κ3) is 2.64. The molecule has 3 heterocycles. The SMILES string of the molecule is Cn1nc(C2CC2)n(C2CCN(C(=O)c3ccncc3)CC2)c1=O. The summed E-state index contributed by atoms with van der Waals surface area (Å²) in [5, 5.41) is 4.43. The Kier molecular flexibility index (Phi) is 3.70. The van der Waals surface area contributed by atoms with Crippen LogP contribution in [0.1, 0.15) is 53.8 Å². The molecule has 7 nitrogen and oxygen atoms in total. The lowest BCUT2D eigenvalue weighted by Crippen LogP contribution is -2.41. The van der Waals surface area contributed by atoms with E-state index in [1.54, 1.807) is 31.6 Å². The molecule has 0 unspecified atom stereocenters. The van der Waals surface area contributed by atoms with Crippen molar-refractivity contribution in [3.8, 4) is 0 Å². The molecular weight excluding hydrogens is 306 g/mol. The van der Waals surface area contributed by atoms with Crippen molar-refractivity contribution >= 4 is 5.91 Å². The van der Waals surface area contributed by atoms with Crippen LogP contribution in [0.15, 0.2) is 29.3 Å². The summed E-state index contributed by atoms with van der Waals surface area (Å²) in [6.45, 7) is 1.33. The number of likely N-dealkylation sites (tertiary alicyclic amines) is 1. The van der Waals surface area contributed by atoms with Crippen LogP contribution in [0.5, 0.6) is 0 Å². The van der Waals surface area contributed by atoms with E-state index in [0.29, 0.717) is 24.6 Å². The van der Waals surface area contributed by atoms with Crippen molar-refractivity contribution in [2.75, 3.05) is 13.1 Å². The van der Waals surface area contributed by atoms with Crippen molar-refractivity contribution in [2.45, 2.75) is 37.6 Å². The van der Waals surface area contributed by atoms with Gasteiger partial charge in [-0.05, 0) is 37.8 Å². The molecule has 0 atom stereocenters. The van der Waals surface area contributed by atoms with Gasteiger partial charge in [-0.25, -0.2) is 9.48 Å². The molecule has 2 aliphatic rings. The Balaban J connectivity index is 1.49. The number of aryl methyl sites for hydroxylation is 1. The molecule has 1 saturated heterocycles. The smallest absolute Gasteiger partial charge is 0.338 e. The number of piperidine rings is 1. The Morgan fingerprint density at radius 1 is 1.12 bits per heavy atom. The Morgan fingerprint density at radius 3 is 2.42 bits per heavy atom. The third-order valence-corrected chi connectivity index (χ3v) is 4.97. The number of carbonyl (C=O) groups excluding carboxylic acids is 1. The van der Waals surface area contributed by atoms with E-state index in [0.717, 1.165) is 31.5 Å². The third-order valence-electron chi connectivity index (χ3n) is 4.97. The Morgan fingerprint density at radius 2 is 1.79 bits per heavy atom. The van der Waals surface area contributed by atoms with Crippen LogP contribution in [0.4, 0.5) is 0 Å². The van der Waals surface area contributed by atoms with E-state index in [1.807, 2.05) is 9.47 Å². The van der Waals surface area contributed by atoms with Gasteiger partial charge in [-0.3, -0.25) is 14.3 Å². The number of rotatable bonds is 3. The summed E-state index contributed by atoms with van der Waals surface area (Å²) < 4.78 is 3.33. The predicted molar refractivity (Wildman–Crippen MR) is 87.9 cm³/mol. The molecule has 7 heteroatoms. The lowest BCUT2D eigenvalue weighted by atomic mass is 10.0. The van der Waals surface area contributed by atoms with Gasteiger partial charge >= 0.3 is 5.69 Å². The van der Waals surface area contributed by atoms with E-state index < -0.39 is 0 Å². The molecule has 0 bridgehead atoms. The second kappa shape index (κ2) is 5.89. The summed E-state index contributed by atoms with van der Waals surface area (Å²) in [5.74, 6) is 1.41. The average Bonchev–Trinajstić information content (AvgIpc) is 3.42. The quantitative estimate of drug-likeness (QED) is 0.852. The van der Waals surface area contributed by atoms with Crippen LogP contribution in [-0.2, 0) is 7.05 Å². The Hall–Kier alpha value is -2.44. The van der Waals surface area contributed by atoms with E-state index in [-0.39, 0.29) is 17.6 Å². The van der Waals surface area contributed by atoms with Gasteiger partial charge in [0, 0.05) is 50.1 Å². The van der Waals surface area contributed by atoms with Crippen LogP contribution in [0, 0.1) is 0 Å². The number of hydrogen-bond acceptors (Lipinski definition) is 4. The van der Waals surface area contributed by atoms with E-state index in [2.05, 4.69) is 10.1 Å². The lowest BCUT2D eigenvalue weighted by molar-refractivity contribution is 0.0692. The molecule has 0 radical (unpaired) electrons. The van der Waals surface area contributed by atoms with Gasteiger partial charge in [0.2, 0.25) is 0 Å². The molecular formula is C17H21N5O2. The molecule has 1 saturated carbocycles. The minimum Gasteiger partial charge on any atom is -0.338 e. The van der Waals surface area contributed by atoms with Gasteiger partial charge in [-0.1, -0.05) is 0 Å². The zero-order valence-corrected chi connectivity index (χ0v) is 13.8. The van der Waals surface area contributed by atoms with E-state index >= 15 is 0 Å². The topological polar surface area (TPSA) is 73.0 Å². The highest BCUT2D eigenvalue weighted by Gasteiger charge is 2.34. The molecule has 0 spiro atoms. The fraction of sp³-hybridized carbons (Fsp3) is 0.529. The van der Waals surface area contributed by atoms with Crippen molar-refractivity contribution in [3.05, 3.63) is 46.4 Å². The summed E-state index contributed by atoms with van der Waals surface area (Å²) in [7, 11) is 1.72. The molecule has 1 amide bonds. The maximum Gasteiger partial charge on any atom is 0.345 e. The maximum absolute atomic E-state index is 12.5. The van der Waals surface area contributed by atoms with Crippen LogP contribution in [-0.4, -0.2) is 43.2 Å². The zero-order chi connectivity index (χ0) is 16.7. The second-order valence-corrected chi connectivity index (χ2v) is 6.67. The summed E-state index contributed by atoms with van der Waals surface area (Å²) >= 11 is 0. The monoisotopic (exact) mass is 327 g/mol. The molecule has 4 rings (SSSR count). The van der Waals surface area contributed by atoms with Crippen molar-refractivity contribution in [1.29, 1.82) is 0 Å². The molecule has 1 aliphatic carbocycles. The van der Waals surface area contributed by atoms with Crippen molar-refractivity contribution < 1.29 is 4.79 Å². The summed E-state index contributed by atoms with van der Waals surface area (Å²) in [5.41, 5.74) is 0.636. The zero-order valence-electron chi connectivity index (χ0n) is 13.8. The van der Waals surface area contributed by atoms with Crippen LogP contribution in [0.3, 0.4) is 0 Å². The first-order chi connectivity index (χ1) is 11.6. The van der Waals surface area contributed by atoms with Gasteiger partial charge in [0.15, 0.2) is 0 Å². The largest absolute Gasteiger partial charge is 0.345 e. The minimum absolute atomic E-state index is 0.0317. The van der Waals surface area contributed by atoms with Gasteiger partial charge in [-0.15, -0.1) is 0 Å². The van der Waals surface area contributed by atoms with Crippen molar-refractivity contribution in [2.24, 2.45) is 7.05 Å². The maximum atomic E-state index is 12.5. The van der Waals surface area contributed by atoms with Gasteiger partial charge in [0.1, 0.15) is 5.82 Å². The van der Waals surface area contributed by atoms with Crippen molar-refractivity contribution in [1.82, 2.24) is 24.2 Å². The van der Waals surface area contributed by atoms with Gasteiger partial charge in [0.25, 0.3) is 5.91 Å². The van der Waals surface area contributed by atoms with Crippen LogP contribution < -0.4 is 5.69 Å². The Bertz CT molecular complexity index is 798. The molecule has 2 aromatic heterocycles. The lowest BCUT2D eigenvalue weighted by Gasteiger charge is -2.32. The number of hydrogen-bond donors (Lipinski definition) is 0. The summed E-state index contributed by atoms with van der Waals surface area (Å²) in [6, 6.07) is 3.62. The van der Waals surface area contributed by atoms with Gasteiger partial charge in [0.05, 0.1) is 0 Å². The highest BCUT2D eigenvalue weighted by atomic mass is 16.2. The van der Waals surface area contributed by atoms with E-state index in [1.165, 1.54) is 4.68 Å². The number of aromatic nitrogens is 4. The standard InChI is InChI=1S/C17H21N5O2/c1-20-17(24)22(15(19-20)12-2-3-12)14-6-10-21(11-7-14)16(23)13-4-8-18-9-5-13/h4-5,8-9,12,14H,2-3,6-7,10-11H2,1H3. The van der Waals surface area contributed by atoms with Crippen molar-refractivity contribution in [3.63, 3.8) is 0 Å². The van der Waals surface area contributed by atoms with Crippen LogP contribution >= 0.6 is 0 Å². The number of nitrogens with zero attached hydrogens (tertiary/aromatic N) is 5. The predicted octanol–water partition coefficient (Wildman–Crippen LogP) is 1.33. The minimum atomic E-state index is -0.0317. The summed E-state index contributed by atoms with van der Waals surface area (Å²) in [4.78, 5) is 30.8. The molecule has 2 fully saturated rings. The van der Waals surface area contributed by atoms with Gasteiger partial charge < -0.3 is 4.90 Å². The van der Waals surface area contributed by atoms with Gasteiger partial charge in [-0.2, -0.15) is 5.10 Å². The normalized spacial score (nSPS) is 18.8. The number of pyridine rings is 1. The molecule has 24 heavy (non-hydrogen) atoms.